The summed E-state index contributed by atoms with van der Waals surface area (Å²) in [5.41, 5.74) is 0.631. The molecular formula is C19H20BrFN2O4S. The van der Waals surface area contributed by atoms with Crippen LogP contribution >= 0.6 is 15.9 Å². The van der Waals surface area contributed by atoms with Crippen LogP contribution in [0.15, 0.2) is 51.8 Å². The van der Waals surface area contributed by atoms with Gasteiger partial charge in [0.25, 0.3) is 0 Å². The number of hydrogen-bond donors (Lipinski definition) is 1. The van der Waals surface area contributed by atoms with Crippen LogP contribution in [0.5, 0.6) is 5.75 Å². The highest BCUT2D eigenvalue weighted by Crippen LogP contribution is 2.30. The fraction of sp³-hybridized carbons (Fsp3) is 0.316. The molecule has 2 aromatic carbocycles. The van der Waals surface area contributed by atoms with Crippen LogP contribution in [0.4, 0.5) is 10.1 Å². The lowest BCUT2D eigenvalue weighted by Gasteiger charge is -2.31. The molecule has 150 valence electrons. The Hall–Kier alpha value is -1.97. The number of hydrogen-bond acceptors (Lipinski definition) is 4. The monoisotopic (exact) mass is 470 g/mol. The van der Waals surface area contributed by atoms with E-state index in [0.717, 1.165) is 16.6 Å². The molecule has 1 N–H and O–H groups in total. The fourth-order valence-electron chi connectivity index (χ4n) is 3.18. The van der Waals surface area contributed by atoms with Crippen LogP contribution in [0.2, 0.25) is 0 Å². The minimum Gasteiger partial charge on any atom is -0.495 e. The van der Waals surface area contributed by atoms with Gasteiger partial charge in [-0.15, -0.1) is 0 Å². The SMILES string of the molecule is COc1ccc(F)cc1S(=O)(=O)N1CCCC(C(=O)Nc2cccc(Br)c2)C1. The largest absolute Gasteiger partial charge is 0.495 e. The van der Waals surface area contributed by atoms with Crippen molar-refractivity contribution in [1.82, 2.24) is 4.31 Å². The number of carbonyl (C=O) groups excluding carboxylic acids is 1. The molecule has 28 heavy (non-hydrogen) atoms. The number of sulfonamides is 1. The lowest BCUT2D eigenvalue weighted by atomic mass is 9.99. The molecule has 1 fully saturated rings. The number of methoxy groups -OCH3 is 1. The van der Waals surface area contributed by atoms with Gasteiger partial charge >= 0.3 is 0 Å². The molecule has 1 aliphatic heterocycles. The Morgan fingerprint density at radius 1 is 1.29 bits per heavy atom. The molecule has 0 radical (unpaired) electrons. The molecule has 0 aromatic heterocycles. The average Bonchev–Trinajstić information content (AvgIpc) is 2.68. The van der Waals surface area contributed by atoms with Crippen molar-refractivity contribution in [1.29, 1.82) is 0 Å². The highest BCUT2D eigenvalue weighted by atomic mass is 79.9. The topological polar surface area (TPSA) is 75.7 Å². The minimum atomic E-state index is -3.99. The first kappa shape index (κ1) is 20.8. The van der Waals surface area contributed by atoms with Crippen molar-refractivity contribution in [2.24, 2.45) is 5.92 Å². The Kier molecular flexibility index (Phi) is 6.36. The van der Waals surface area contributed by atoms with E-state index in [4.69, 9.17) is 4.74 Å². The number of carbonyl (C=O) groups is 1. The summed E-state index contributed by atoms with van der Waals surface area (Å²) < 4.78 is 46.9. The molecule has 1 unspecified atom stereocenters. The normalized spacial score (nSPS) is 17.9. The second-order valence-electron chi connectivity index (χ2n) is 6.50. The predicted molar refractivity (Wildman–Crippen MR) is 107 cm³/mol. The first-order valence-electron chi connectivity index (χ1n) is 8.71. The number of nitrogens with one attached hydrogen (secondary N) is 1. The fourth-order valence-corrected chi connectivity index (χ4v) is 5.27. The second kappa shape index (κ2) is 8.59. The van der Waals surface area contributed by atoms with E-state index in [1.807, 2.05) is 6.07 Å². The average molecular weight is 471 g/mol. The summed E-state index contributed by atoms with van der Waals surface area (Å²) in [7, 11) is -2.66. The van der Waals surface area contributed by atoms with Gasteiger partial charge in [-0.1, -0.05) is 22.0 Å². The first-order chi connectivity index (χ1) is 13.3. The van der Waals surface area contributed by atoms with Crippen molar-refractivity contribution in [3.8, 4) is 5.75 Å². The Balaban J connectivity index is 1.79. The molecule has 1 atom stereocenters. The molecule has 6 nitrogen and oxygen atoms in total. The predicted octanol–water partition coefficient (Wildman–Crippen LogP) is 3.64. The molecule has 0 saturated carbocycles. The summed E-state index contributed by atoms with van der Waals surface area (Å²) in [4.78, 5) is 12.4. The van der Waals surface area contributed by atoms with Crippen molar-refractivity contribution < 1.29 is 22.3 Å². The Bertz CT molecular complexity index is 984. The van der Waals surface area contributed by atoms with Gasteiger partial charge in [0, 0.05) is 23.2 Å². The van der Waals surface area contributed by atoms with Crippen LogP contribution in [0.1, 0.15) is 12.8 Å². The Labute approximate surface area is 171 Å². The standard InChI is InChI=1S/C19H20BrFN2O4S/c1-27-17-8-7-15(21)11-18(17)28(25,26)23-9-3-4-13(12-23)19(24)22-16-6-2-5-14(20)10-16/h2,5-8,10-11,13H,3-4,9,12H2,1H3,(H,22,24). The third-order valence-corrected chi connectivity index (χ3v) is 6.97. The van der Waals surface area contributed by atoms with E-state index in [1.54, 1.807) is 18.2 Å². The maximum atomic E-state index is 13.7. The van der Waals surface area contributed by atoms with E-state index in [9.17, 15) is 17.6 Å². The minimum absolute atomic E-state index is 0.0296. The zero-order valence-electron chi connectivity index (χ0n) is 15.2. The molecule has 9 heteroatoms. The van der Waals surface area contributed by atoms with Crippen LogP contribution in [-0.2, 0) is 14.8 Å². The zero-order chi connectivity index (χ0) is 20.3. The first-order valence-corrected chi connectivity index (χ1v) is 10.9. The maximum absolute atomic E-state index is 13.7. The van der Waals surface area contributed by atoms with Crippen molar-refractivity contribution in [2.75, 3.05) is 25.5 Å². The van der Waals surface area contributed by atoms with Gasteiger partial charge in [0.1, 0.15) is 16.5 Å². The summed E-state index contributed by atoms with van der Waals surface area (Å²) in [5.74, 6) is -1.34. The van der Waals surface area contributed by atoms with Gasteiger partial charge in [-0.05, 0) is 49.2 Å². The number of rotatable bonds is 5. The smallest absolute Gasteiger partial charge is 0.246 e. The molecule has 0 bridgehead atoms. The number of amides is 1. The van der Waals surface area contributed by atoms with Crippen molar-refractivity contribution in [2.45, 2.75) is 17.7 Å². The van der Waals surface area contributed by atoms with E-state index in [2.05, 4.69) is 21.2 Å². The molecular weight excluding hydrogens is 451 g/mol. The lowest BCUT2D eigenvalue weighted by molar-refractivity contribution is -0.120. The number of piperidine rings is 1. The van der Waals surface area contributed by atoms with Crippen LogP contribution in [0, 0.1) is 11.7 Å². The summed E-state index contributed by atoms with van der Waals surface area (Å²) in [6, 6.07) is 10.5. The van der Waals surface area contributed by atoms with Crippen LogP contribution in [-0.4, -0.2) is 38.8 Å². The van der Waals surface area contributed by atoms with Gasteiger partial charge in [0.15, 0.2) is 0 Å². The Morgan fingerprint density at radius 2 is 2.07 bits per heavy atom. The van der Waals surface area contributed by atoms with Gasteiger partial charge in [-0.25, -0.2) is 12.8 Å². The molecule has 1 heterocycles. The van der Waals surface area contributed by atoms with Gasteiger partial charge in [0.05, 0.1) is 13.0 Å². The van der Waals surface area contributed by atoms with E-state index >= 15 is 0 Å². The van der Waals surface area contributed by atoms with Crippen LogP contribution < -0.4 is 10.1 Å². The number of anilines is 1. The van der Waals surface area contributed by atoms with E-state index in [1.165, 1.54) is 17.5 Å². The lowest BCUT2D eigenvalue weighted by Crippen LogP contribution is -2.43. The third-order valence-electron chi connectivity index (χ3n) is 4.59. The third kappa shape index (κ3) is 4.53. The second-order valence-corrected chi connectivity index (χ2v) is 9.32. The maximum Gasteiger partial charge on any atom is 0.246 e. The molecule has 1 saturated heterocycles. The van der Waals surface area contributed by atoms with Crippen LogP contribution in [0.3, 0.4) is 0 Å². The highest BCUT2D eigenvalue weighted by molar-refractivity contribution is 9.10. The molecule has 0 aliphatic carbocycles. The molecule has 0 spiro atoms. The quantitative estimate of drug-likeness (QED) is 0.723. The molecule has 2 aromatic rings. The van der Waals surface area contributed by atoms with Gasteiger partial charge in [-0.2, -0.15) is 4.31 Å². The van der Waals surface area contributed by atoms with E-state index in [0.29, 0.717) is 18.5 Å². The summed E-state index contributed by atoms with van der Waals surface area (Å²) in [5, 5.41) is 2.82. The number of halogens is 2. The van der Waals surface area contributed by atoms with Gasteiger partial charge in [-0.3, -0.25) is 4.79 Å². The summed E-state index contributed by atoms with van der Waals surface area (Å²) >= 11 is 3.35. The zero-order valence-corrected chi connectivity index (χ0v) is 17.6. The Morgan fingerprint density at radius 3 is 2.79 bits per heavy atom. The van der Waals surface area contributed by atoms with Gasteiger partial charge < -0.3 is 10.1 Å². The summed E-state index contributed by atoms with van der Waals surface area (Å²) in [6.45, 7) is 0.296. The van der Waals surface area contributed by atoms with E-state index < -0.39 is 21.8 Å². The van der Waals surface area contributed by atoms with Crippen molar-refractivity contribution >= 4 is 37.5 Å². The van der Waals surface area contributed by atoms with Crippen LogP contribution in [0.25, 0.3) is 0 Å². The van der Waals surface area contributed by atoms with Gasteiger partial charge in [0.2, 0.25) is 15.9 Å². The van der Waals surface area contributed by atoms with Crippen molar-refractivity contribution in [3.05, 3.63) is 52.8 Å². The summed E-state index contributed by atoms with van der Waals surface area (Å²) in [6.07, 6.45) is 1.11. The number of nitrogens with zero attached hydrogens (tertiary/aromatic N) is 1. The molecule has 1 aliphatic rings. The molecule has 1 amide bonds. The molecule has 3 rings (SSSR count). The highest BCUT2D eigenvalue weighted by Gasteiger charge is 2.35. The van der Waals surface area contributed by atoms with Crippen molar-refractivity contribution in [3.63, 3.8) is 0 Å². The number of benzene rings is 2. The van der Waals surface area contributed by atoms with E-state index in [-0.39, 0.29) is 29.6 Å². The number of ether oxygens (including phenoxy) is 1.